The molecule has 0 spiro atoms. The molecule has 0 heterocycles. The number of carboxylic acids is 1. The van der Waals surface area contributed by atoms with Gasteiger partial charge in [-0.15, -0.1) is 0 Å². The van der Waals surface area contributed by atoms with Gasteiger partial charge < -0.3 is 20.4 Å². The maximum atomic E-state index is 11.2. The van der Waals surface area contributed by atoms with Crippen molar-refractivity contribution in [2.75, 3.05) is 0 Å². The molecule has 4 aliphatic carbocycles. The molecule has 0 amide bonds. The predicted octanol–water partition coefficient (Wildman–Crippen LogP) is 3.06. The molecule has 0 aromatic heterocycles. The average molecular weight is 395 g/mol. The Morgan fingerprint density at radius 3 is 2.46 bits per heavy atom. The molecule has 0 aromatic carbocycles. The van der Waals surface area contributed by atoms with Crippen LogP contribution in [0.15, 0.2) is 0 Å². The molecule has 4 rings (SSSR count). The van der Waals surface area contributed by atoms with Crippen molar-refractivity contribution in [2.24, 2.45) is 46.8 Å². The maximum Gasteiger partial charge on any atom is 0.303 e. The lowest BCUT2D eigenvalue weighted by atomic mass is 9.45. The van der Waals surface area contributed by atoms with Crippen molar-refractivity contribution in [3.8, 4) is 0 Å². The Labute approximate surface area is 168 Å². The first kappa shape index (κ1) is 20.6. The van der Waals surface area contributed by atoms with Crippen LogP contribution < -0.4 is 0 Å². The Balaban J connectivity index is 1.55. The summed E-state index contributed by atoms with van der Waals surface area (Å²) in [4.78, 5) is 11.0. The first-order valence-corrected chi connectivity index (χ1v) is 11.5. The molecule has 5 heteroatoms. The minimum atomic E-state index is -0.744. The summed E-state index contributed by atoms with van der Waals surface area (Å²) in [6, 6.07) is 0. The average Bonchev–Trinajstić information content (AvgIpc) is 3.07. The molecule has 0 aromatic rings. The van der Waals surface area contributed by atoms with Crippen molar-refractivity contribution in [1.82, 2.24) is 0 Å². The van der Waals surface area contributed by atoms with Crippen LogP contribution in [0.1, 0.15) is 71.6 Å². The van der Waals surface area contributed by atoms with Crippen LogP contribution in [0, 0.1) is 46.8 Å². The summed E-state index contributed by atoms with van der Waals surface area (Å²) >= 11 is 0. The van der Waals surface area contributed by atoms with Gasteiger partial charge in [0.05, 0.1) is 18.3 Å². The summed E-state index contributed by atoms with van der Waals surface area (Å²) in [6.45, 7) is 4.49. The first-order chi connectivity index (χ1) is 13.2. The SMILES string of the molecule is CC(CCC(=O)O)C1CCC2C1C(O)CC1C2C(O)CC2CC(O)CCC21C. The number of carboxylic acid groups (broad SMARTS) is 1. The minimum Gasteiger partial charge on any atom is -0.481 e. The maximum absolute atomic E-state index is 11.2. The van der Waals surface area contributed by atoms with Crippen LogP contribution in [-0.2, 0) is 4.79 Å². The second-order valence-corrected chi connectivity index (χ2v) is 10.8. The van der Waals surface area contributed by atoms with Crippen LogP contribution in [0.25, 0.3) is 0 Å². The zero-order valence-corrected chi connectivity index (χ0v) is 17.3. The van der Waals surface area contributed by atoms with Gasteiger partial charge in [0, 0.05) is 6.42 Å². The fourth-order valence-corrected chi connectivity index (χ4v) is 8.17. The summed E-state index contributed by atoms with van der Waals surface area (Å²) < 4.78 is 0. The zero-order valence-electron chi connectivity index (χ0n) is 17.3. The summed E-state index contributed by atoms with van der Waals surface area (Å²) in [7, 11) is 0. The highest BCUT2D eigenvalue weighted by atomic mass is 16.4. The monoisotopic (exact) mass is 394 g/mol. The molecule has 0 saturated heterocycles. The molecule has 28 heavy (non-hydrogen) atoms. The van der Waals surface area contributed by atoms with Crippen LogP contribution >= 0.6 is 0 Å². The van der Waals surface area contributed by atoms with E-state index < -0.39 is 5.97 Å². The van der Waals surface area contributed by atoms with Gasteiger partial charge in [-0.1, -0.05) is 13.8 Å². The second-order valence-electron chi connectivity index (χ2n) is 10.8. The molecular weight excluding hydrogens is 356 g/mol. The lowest BCUT2D eigenvalue weighted by Gasteiger charge is -2.61. The molecule has 0 aliphatic heterocycles. The number of fused-ring (bicyclic) bond motifs is 5. The normalized spacial score (nSPS) is 51.7. The van der Waals surface area contributed by atoms with Crippen molar-refractivity contribution in [3.63, 3.8) is 0 Å². The predicted molar refractivity (Wildman–Crippen MR) is 105 cm³/mol. The number of aliphatic carboxylic acids is 1. The summed E-state index contributed by atoms with van der Waals surface area (Å²) in [5.41, 5.74) is 0.113. The number of aliphatic hydroxyl groups excluding tert-OH is 3. The first-order valence-electron chi connectivity index (χ1n) is 11.5. The van der Waals surface area contributed by atoms with Gasteiger partial charge in [-0.2, -0.15) is 0 Å². The van der Waals surface area contributed by atoms with E-state index in [2.05, 4.69) is 13.8 Å². The van der Waals surface area contributed by atoms with Gasteiger partial charge in [-0.3, -0.25) is 4.79 Å². The number of aliphatic hydroxyl groups is 3. The summed E-state index contributed by atoms with van der Waals surface area (Å²) in [6.07, 6.45) is 6.20. The molecule has 160 valence electrons. The smallest absolute Gasteiger partial charge is 0.303 e. The molecule has 5 nitrogen and oxygen atoms in total. The lowest BCUT2D eigenvalue weighted by Crippen LogP contribution is -2.59. The van der Waals surface area contributed by atoms with Gasteiger partial charge in [-0.05, 0) is 98.2 Å². The standard InChI is InChI=1S/C23H38O5/c1-12(3-6-20(27)28)15-4-5-16-21(15)19(26)11-17-22(16)18(25)10-13-9-14(24)7-8-23(13,17)2/h12-19,21-22,24-26H,3-11H2,1-2H3,(H,27,28). The Kier molecular flexibility index (Phi) is 5.56. The number of carbonyl (C=O) groups is 1. The molecule has 4 fully saturated rings. The largest absolute Gasteiger partial charge is 0.481 e. The fraction of sp³-hybridized carbons (Fsp3) is 0.957. The molecule has 0 radical (unpaired) electrons. The third kappa shape index (κ3) is 3.31. The van der Waals surface area contributed by atoms with Crippen molar-refractivity contribution in [2.45, 2.75) is 89.9 Å². The van der Waals surface area contributed by atoms with Crippen molar-refractivity contribution in [3.05, 3.63) is 0 Å². The van der Waals surface area contributed by atoms with Crippen LogP contribution in [-0.4, -0.2) is 44.7 Å². The summed E-state index contributed by atoms with van der Waals surface area (Å²) in [5, 5.41) is 41.5. The lowest BCUT2D eigenvalue weighted by molar-refractivity contribution is -0.181. The minimum absolute atomic E-state index is 0.113. The van der Waals surface area contributed by atoms with Gasteiger partial charge in [-0.25, -0.2) is 0 Å². The van der Waals surface area contributed by atoms with Crippen molar-refractivity contribution >= 4 is 5.97 Å². The van der Waals surface area contributed by atoms with Gasteiger partial charge in [0.1, 0.15) is 0 Å². The Morgan fingerprint density at radius 2 is 1.75 bits per heavy atom. The Hall–Kier alpha value is -0.650. The van der Waals surface area contributed by atoms with E-state index in [-0.39, 0.29) is 42.0 Å². The van der Waals surface area contributed by atoms with Crippen LogP contribution in [0.4, 0.5) is 0 Å². The number of hydrogen-bond donors (Lipinski definition) is 4. The third-order valence-electron chi connectivity index (χ3n) is 9.59. The van der Waals surface area contributed by atoms with Gasteiger partial charge in [0.15, 0.2) is 0 Å². The molecule has 11 unspecified atom stereocenters. The van der Waals surface area contributed by atoms with E-state index in [1.54, 1.807) is 0 Å². The second kappa shape index (κ2) is 7.55. The number of rotatable bonds is 4. The van der Waals surface area contributed by atoms with E-state index in [0.29, 0.717) is 36.0 Å². The molecule has 4 aliphatic rings. The van der Waals surface area contributed by atoms with E-state index in [9.17, 15) is 20.1 Å². The molecule has 4 saturated carbocycles. The van der Waals surface area contributed by atoms with Crippen LogP contribution in [0.5, 0.6) is 0 Å². The van der Waals surface area contributed by atoms with Gasteiger partial charge in [0.25, 0.3) is 0 Å². The van der Waals surface area contributed by atoms with Crippen molar-refractivity contribution in [1.29, 1.82) is 0 Å². The summed E-state index contributed by atoms with van der Waals surface area (Å²) in [5.74, 6) is 1.41. The Morgan fingerprint density at radius 1 is 1.04 bits per heavy atom. The van der Waals surface area contributed by atoms with Gasteiger partial charge >= 0.3 is 5.97 Å². The topological polar surface area (TPSA) is 98.0 Å². The van der Waals surface area contributed by atoms with E-state index in [4.69, 9.17) is 5.11 Å². The number of hydrogen-bond acceptors (Lipinski definition) is 4. The van der Waals surface area contributed by atoms with Crippen LogP contribution in [0.3, 0.4) is 0 Å². The molecular formula is C23H38O5. The van der Waals surface area contributed by atoms with E-state index in [0.717, 1.165) is 44.9 Å². The van der Waals surface area contributed by atoms with Crippen LogP contribution in [0.2, 0.25) is 0 Å². The zero-order chi connectivity index (χ0) is 20.2. The highest BCUT2D eigenvalue weighted by molar-refractivity contribution is 5.66. The Bertz CT molecular complexity index is 594. The van der Waals surface area contributed by atoms with E-state index in [1.165, 1.54) is 0 Å². The highest BCUT2D eigenvalue weighted by Gasteiger charge is 2.61. The van der Waals surface area contributed by atoms with E-state index in [1.807, 2.05) is 0 Å². The molecule has 11 atom stereocenters. The van der Waals surface area contributed by atoms with Crippen molar-refractivity contribution < 1.29 is 25.2 Å². The molecule has 4 N–H and O–H groups in total. The quantitative estimate of drug-likeness (QED) is 0.587. The van der Waals surface area contributed by atoms with Gasteiger partial charge in [0.2, 0.25) is 0 Å². The fourth-order valence-electron chi connectivity index (χ4n) is 8.17. The highest BCUT2D eigenvalue weighted by Crippen LogP contribution is 2.64. The van der Waals surface area contributed by atoms with E-state index >= 15 is 0 Å². The molecule has 0 bridgehead atoms. The third-order valence-corrected chi connectivity index (χ3v) is 9.59.